The van der Waals surface area contributed by atoms with Crippen molar-refractivity contribution < 1.29 is 17.9 Å². The molecule has 0 aliphatic heterocycles. The average Bonchev–Trinajstić information content (AvgIpc) is 2.04. The van der Waals surface area contributed by atoms with Crippen molar-refractivity contribution in [2.45, 2.75) is 6.36 Å². The molecular weight excluding hydrogens is 333 g/mol. The van der Waals surface area contributed by atoms with Crippen LogP contribution in [0.5, 0.6) is 5.75 Å². The van der Waals surface area contributed by atoms with E-state index in [4.69, 9.17) is 17.3 Å². The Balaban J connectivity index is 3.06. The summed E-state index contributed by atoms with van der Waals surface area (Å²) < 4.78 is 39.5. The number of rotatable bonds is 1. The summed E-state index contributed by atoms with van der Waals surface area (Å²) in [6.45, 7) is 0. The van der Waals surface area contributed by atoms with E-state index in [2.05, 4.69) is 4.74 Å². The lowest BCUT2D eigenvalue weighted by Gasteiger charge is -2.11. The van der Waals surface area contributed by atoms with Gasteiger partial charge in [0.2, 0.25) is 0 Å². The Bertz CT molecular complexity index is 356. The van der Waals surface area contributed by atoms with Crippen LogP contribution in [0.3, 0.4) is 0 Å². The number of ether oxygens (including phenoxy) is 1. The summed E-state index contributed by atoms with van der Waals surface area (Å²) in [7, 11) is 0. The molecule has 0 aliphatic rings. The second-order valence-corrected chi connectivity index (χ2v) is 3.79. The van der Waals surface area contributed by atoms with Crippen LogP contribution in [-0.2, 0) is 0 Å². The number of nitrogen functional groups attached to an aromatic ring is 1. The third-order valence-corrected chi connectivity index (χ3v) is 3.16. The van der Waals surface area contributed by atoms with E-state index in [1.54, 1.807) is 22.6 Å². The van der Waals surface area contributed by atoms with Gasteiger partial charge in [-0.1, -0.05) is 11.6 Å². The van der Waals surface area contributed by atoms with Gasteiger partial charge in [-0.25, -0.2) is 0 Å². The fourth-order valence-corrected chi connectivity index (χ4v) is 1.41. The fourth-order valence-electron chi connectivity index (χ4n) is 0.750. The number of anilines is 1. The van der Waals surface area contributed by atoms with Crippen LogP contribution < -0.4 is 10.5 Å². The largest absolute Gasteiger partial charge is 0.573 e. The Labute approximate surface area is 96.3 Å². The lowest BCUT2D eigenvalue weighted by Crippen LogP contribution is -2.17. The molecule has 0 atom stereocenters. The normalized spacial score (nSPS) is 11.5. The van der Waals surface area contributed by atoms with Gasteiger partial charge in [0.25, 0.3) is 0 Å². The first-order chi connectivity index (χ1) is 6.31. The summed E-state index contributed by atoms with van der Waals surface area (Å²) in [5.74, 6) is -0.447. The third kappa shape index (κ3) is 2.81. The van der Waals surface area contributed by atoms with Gasteiger partial charge in [-0.2, -0.15) is 0 Å². The van der Waals surface area contributed by atoms with Gasteiger partial charge in [0.1, 0.15) is 5.75 Å². The molecule has 0 aromatic heterocycles. The van der Waals surface area contributed by atoms with Crippen molar-refractivity contribution in [2.24, 2.45) is 0 Å². The third-order valence-electron chi connectivity index (χ3n) is 1.30. The SMILES string of the molecule is Nc1ccc(OC(F)(F)F)c(Cl)c1I. The number of halogens is 5. The zero-order valence-electron chi connectivity index (χ0n) is 6.53. The predicted molar refractivity (Wildman–Crippen MR) is 55.3 cm³/mol. The molecule has 78 valence electrons. The average molecular weight is 337 g/mol. The van der Waals surface area contributed by atoms with E-state index in [-0.39, 0.29) is 5.02 Å². The minimum atomic E-state index is -4.75. The fraction of sp³-hybridized carbons (Fsp3) is 0.143. The highest BCUT2D eigenvalue weighted by Crippen LogP contribution is 2.35. The number of alkyl halides is 3. The summed E-state index contributed by atoms with van der Waals surface area (Å²) in [4.78, 5) is 0. The van der Waals surface area contributed by atoms with Crippen molar-refractivity contribution in [3.05, 3.63) is 20.7 Å². The first-order valence-corrected chi connectivity index (χ1v) is 4.76. The van der Waals surface area contributed by atoms with Gasteiger partial charge in [0.15, 0.2) is 0 Å². The van der Waals surface area contributed by atoms with E-state index in [1.807, 2.05) is 0 Å². The van der Waals surface area contributed by atoms with Crippen molar-refractivity contribution in [3.8, 4) is 5.75 Å². The van der Waals surface area contributed by atoms with E-state index in [9.17, 15) is 13.2 Å². The molecule has 2 N–H and O–H groups in total. The highest BCUT2D eigenvalue weighted by molar-refractivity contribution is 14.1. The molecule has 7 heteroatoms. The van der Waals surface area contributed by atoms with Crippen LogP contribution in [-0.4, -0.2) is 6.36 Å². The second-order valence-electron chi connectivity index (χ2n) is 2.33. The molecule has 1 rings (SSSR count). The molecule has 1 aromatic carbocycles. The van der Waals surface area contributed by atoms with E-state index in [0.29, 0.717) is 9.26 Å². The standard InChI is InChI=1S/C7H4ClF3INO/c8-5-4(14-7(9,10)11)2-1-3(13)6(5)12/h1-2H,13H2. The molecule has 0 aliphatic carbocycles. The highest BCUT2D eigenvalue weighted by Gasteiger charge is 2.32. The molecule has 0 amide bonds. The summed E-state index contributed by atoms with van der Waals surface area (Å²) in [5.41, 5.74) is 5.73. The molecule has 1 aromatic rings. The quantitative estimate of drug-likeness (QED) is 0.629. The molecule has 0 radical (unpaired) electrons. The number of hydrogen-bond acceptors (Lipinski definition) is 2. The second kappa shape index (κ2) is 4.01. The molecule has 0 saturated heterocycles. The Kier molecular flexibility index (Phi) is 3.36. The molecule has 0 spiro atoms. The monoisotopic (exact) mass is 337 g/mol. The van der Waals surface area contributed by atoms with Crippen molar-refractivity contribution in [1.29, 1.82) is 0 Å². The Morgan fingerprint density at radius 1 is 1.36 bits per heavy atom. The van der Waals surface area contributed by atoms with Crippen molar-refractivity contribution in [3.63, 3.8) is 0 Å². The Morgan fingerprint density at radius 3 is 2.43 bits per heavy atom. The summed E-state index contributed by atoms with van der Waals surface area (Å²) in [5, 5.41) is -0.136. The maximum atomic E-state index is 11.8. The van der Waals surface area contributed by atoms with Gasteiger partial charge in [0, 0.05) is 5.69 Å². The lowest BCUT2D eigenvalue weighted by molar-refractivity contribution is -0.274. The minimum absolute atomic E-state index is 0.136. The maximum absolute atomic E-state index is 11.8. The molecule has 0 unspecified atom stereocenters. The first-order valence-electron chi connectivity index (χ1n) is 3.30. The predicted octanol–water partition coefficient (Wildman–Crippen LogP) is 3.43. The summed E-state index contributed by atoms with van der Waals surface area (Å²) in [6, 6.07) is 2.38. The van der Waals surface area contributed by atoms with Crippen LogP contribution in [0, 0.1) is 3.57 Å². The zero-order valence-corrected chi connectivity index (χ0v) is 9.44. The molecule has 14 heavy (non-hydrogen) atoms. The van der Waals surface area contributed by atoms with Gasteiger partial charge < -0.3 is 10.5 Å². The number of hydrogen-bond donors (Lipinski definition) is 1. The van der Waals surface area contributed by atoms with Gasteiger partial charge in [-0.3, -0.25) is 0 Å². The highest BCUT2D eigenvalue weighted by atomic mass is 127. The van der Waals surface area contributed by atoms with E-state index in [0.717, 1.165) is 6.07 Å². The van der Waals surface area contributed by atoms with Gasteiger partial charge in [-0.15, -0.1) is 13.2 Å². The molecule has 0 saturated carbocycles. The topological polar surface area (TPSA) is 35.2 Å². The van der Waals surface area contributed by atoms with Crippen LogP contribution in [0.15, 0.2) is 12.1 Å². The number of benzene rings is 1. The number of nitrogens with two attached hydrogens (primary N) is 1. The van der Waals surface area contributed by atoms with Crippen molar-refractivity contribution in [1.82, 2.24) is 0 Å². The molecule has 0 heterocycles. The zero-order chi connectivity index (χ0) is 10.9. The van der Waals surface area contributed by atoms with Crippen LogP contribution in [0.4, 0.5) is 18.9 Å². The van der Waals surface area contributed by atoms with E-state index in [1.165, 1.54) is 6.07 Å². The van der Waals surface area contributed by atoms with Crippen LogP contribution >= 0.6 is 34.2 Å². The van der Waals surface area contributed by atoms with Gasteiger partial charge >= 0.3 is 6.36 Å². The smallest absolute Gasteiger partial charge is 0.404 e. The lowest BCUT2D eigenvalue weighted by atomic mass is 10.3. The van der Waals surface area contributed by atoms with Gasteiger partial charge in [-0.05, 0) is 34.7 Å². The van der Waals surface area contributed by atoms with Gasteiger partial charge in [0.05, 0.1) is 8.59 Å². The Hall–Kier alpha value is -0.370. The molecular formula is C7H4ClF3INO. The summed E-state index contributed by atoms with van der Waals surface area (Å²) >= 11 is 7.33. The molecule has 2 nitrogen and oxygen atoms in total. The minimum Gasteiger partial charge on any atom is -0.404 e. The maximum Gasteiger partial charge on any atom is 0.573 e. The molecule has 0 fully saturated rings. The summed E-state index contributed by atoms with van der Waals surface area (Å²) in [6.07, 6.45) is -4.75. The van der Waals surface area contributed by atoms with Crippen LogP contribution in [0.25, 0.3) is 0 Å². The van der Waals surface area contributed by atoms with Crippen LogP contribution in [0.1, 0.15) is 0 Å². The first kappa shape index (κ1) is 11.7. The van der Waals surface area contributed by atoms with Crippen LogP contribution in [0.2, 0.25) is 5.02 Å². The Morgan fingerprint density at radius 2 is 1.93 bits per heavy atom. The van der Waals surface area contributed by atoms with E-state index >= 15 is 0 Å². The van der Waals surface area contributed by atoms with E-state index < -0.39 is 12.1 Å². The molecule has 0 bridgehead atoms. The van der Waals surface area contributed by atoms with Crippen molar-refractivity contribution in [2.75, 3.05) is 5.73 Å². The van der Waals surface area contributed by atoms with Crippen molar-refractivity contribution >= 4 is 39.9 Å².